The normalized spacial score (nSPS) is 32.2. The quantitative estimate of drug-likeness (QED) is 0.505. The van der Waals surface area contributed by atoms with Crippen molar-refractivity contribution in [1.82, 2.24) is 0 Å². The molecule has 10 heavy (non-hydrogen) atoms. The van der Waals surface area contributed by atoms with Gasteiger partial charge in [0.25, 0.3) is 0 Å². The number of esters is 1. The first-order valence-electron chi connectivity index (χ1n) is 3.45. The van der Waals surface area contributed by atoms with Crippen molar-refractivity contribution >= 4 is 5.97 Å². The lowest BCUT2D eigenvalue weighted by molar-refractivity contribution is -0.146. The van der Waals surface area contributed by atoms with Crippen LogP contribution in [0, 0.1) is 5.92 Å². The summed E-state index contributed by atoms with van der Waals surface area (Å²) in [4.78, 5) is 10.9. The molecule has 1 aliphatic heterocycles. The van der Waals surface area contributed by atoms with Crippen LogP contribution in [0.2, 0.25) is 0 Å². The Balaban J connectivity index is 2.46. The van der Waals surface area contributed by atoms with E-state index in [2.05, 4.69) is 4.74 Å². The molecular formula is C7H12O3. The first-order chi connectivity index (χ1) is 4.75. The molecule has 0 N–H and O–H groups in total. The van der Waals surface area contributed by atoms with Gasteiger partial charge in [0.15, 0.2) is 0 Å². The lowest BCUT2D eigenvalue weighted by Crippen LogP contribution is -2.22. The third-order valence-corrected chi connectivity index (χ3v) is 1.88. The van der Waals surface area contributed by atoms with E-state index in [1.165, 1.54) is 7.11 Å². The van der Waals surface area contributed by atoms with Gasteiger partial charge < -0.3 is 9.47 Å². The molecule has 3 heteroatoms. The molecule has 0 aromatic heterocycles. The Kier molecular flexibility index (Phi) is 2.27. The van der Waals surface area contributed by atoms with Crippen LogP contribution < -0.4 is 0 Å². The van der Waals surface area contributed by atoms with Gasteiger partial charge in [-0.2, -0.15) is 0 Å². The summed E-state index contributed by atoms with van der Waals surface area (Å²) < 4.78 is 9.77. The lowest BCUT2D eigenvalue weighted by Gasteiger charge is -2.09. The molecule has 1 saturated heterocycles. The molecule has 0 saturated carbocycles. The van der Waals surface area contributed by atoms with E-state index in [-0.39, 0.29) is 18.0 Å². The fourth-order valence-corrected chi connectivity index (χ4v) is 1.19. The smallest absolute Gasteiger partial charge is 0.311 e. The highest BCUT2D eigenvalue weighted by Gasteiger charge is 2.31. The third kappa shape index (κ3) is 1.29. The number of carbonyl (C=O) groups is 1. The molecule has 0 unspecified atom stereocenters. The number of rotatable bonds is 1. The standard InChI is InChI=1S/C7H12O3/c1-5-6(3-4-10-5)7(8)9-2/h5-6H,3-4H2,1-2H3/t5-,6+/m0/s1. The van der Waals surface area contributed by atoms with Gasteiger partial charge in [0.1, 0.15) is 0 Å². The SMILES string of the molecule is COC(=O)[C@@H]1CCO[C@H]1C. The Morgan fingerprint density at radius 1 is 1.70 bits per heavy atom. The van der Waals surface area contributed by atoms with Crippen LogP contribution in [0.15, 0.2) is 0 Å². The highest BCUT2D eigenvalue weighted by Crippen LogP contribution is 2.20. The summed E-state index contributed by atoms with van der Waals surface area (Å²) in [5, 5.41) is 0. The molecule has 0 aliphatic carbocycles. The van der Waals surface area contributed by atoms with E-state index in [1.54, 1.807) is 0 Å². The van der Waals surface area contributed by atoms with Crippen LogP contribution in [-0.2, 0) is 14.3 Å². The van der Waals surface area contributed by atoms with Crippen LogP contribution in [0.5, 0.6) is 0 Å². The summed E-state index contributed by atoms with van der Waals surface area (Å²) in [5.41, 5.74) is 0. The van der Waals surface area contributed by atoms with Crippen LogP contribution in [0.25, 0.3) is 0 Å². The maximum absolute atomic E-state index is 10.9. The van der Waals surface area contributed by atoms with Gasteiger partial charge in [-0.05, 0) is 13.3 Å². The molecule has 0 bridgehead atoms. The van der Waals surface area contributed by atoms with Gasteiger partial charge in [0.2, 0.25) is 0 Å². The number of hydrogen-bond acceptors (Lipinski definition) is 3. The fraction of sp³-hybridized carbons (Fsp3) is 0.857. The number of carbonyl (C=O) groups excluding carboxylic acids is 1. The first-order valence-corrected chi connectivity index (χ1v) is 3.45. The van der Waals surface area contributed by atoms with Crippen molar-refractivity contribution in [1.29, 1.82) is 0 Å². The summed E-state index contributed by atoms with van der Waals surface area (Å²) in [5.74, 6) is -0.185. The topological polar surface area (TPSA) is 35.5 Å². The highest BCUT2D eigenvalue weighted by molar-refractivity contribution is 5.73. The van der Waals surface area contributed by atoms with Gasteiger partial charge in [-0.15, -0.1) is 0 Å². The Hall–Kier alpha value is -0.570. The van der Waals surface area contributed by atoms with Crippen LogP contribution in [0.1, 0.15) is 13.3 Å². The zero-order chi connectivity index (χ0) is 7.56. The summed E-state index contributed by atoms with van der Waals surface area (Å²) in [6.07, 6.45) is 0.834. The molecule has 58 valence electrons. The van der Waals surface area contributed by atoms with Crippen LogP contribution in [-0.4, -0.2) is 25.8 Å². The molecule has 0 amide bonds. The second-order valence-electron chi connectivity index (χ2n) is 2.49. The predicted octanol–water partition coefficient (Wildman–Crippen LogP) is 0.584. The number of ether oxygens (including phenoxy) is 2. The zero-order valence-corrected chi connectivity index (χ0v) is 6.29. The maximum Gasteiger partial charge on any atom is 0.311 e. The van der Waals surface area contributed by atoms with Crippen molar-refractivity contribution in [2.24, 2.45) is 5.92 Å². The molecular weight excluding hydrogens is 132 g/mol. The van der Waals surface area contributed by atoms with Gasteiger partial charge in [0.05, 0.1) is 19.1 Å². The molecule has 1 fully saturated rings. The molecule has 0 radical (unpaired) electrons. The van der Waals surface area contributed by atoms with Crippen LogP contribution in [0.4, 0.5) is 0 Å². The van der Waals surface area contributed by atoms with E-state index in [0.29, 0.717) is 6.61 Å². The lowest BCUT2D eigenvalue weighted by atomic mass is 10.0. The van der Waals surface area contributed by atoms with E-state index < -0.39 is 0 Å². The average Bonchev–Trinajstić information content (AvgIpc) is 2.34. The number of hydrogen-bond donors (Lipinski definition) is 0. The third-order valence-electron chi connectivity index (χ3n) is 1.88. The molecule has 0 aromatic rings. The van der Waals surface area contributed by atoms with Crippen molar-refractivity contribution in [3.8, 4) is 0 Å². The van der Waals surface area contributed by atoms with Gasteiger partial charge >= 0.3 is 5.97 Å². The molecule has 3 nitrogen and oxygen atoms in total. The van der Waals surface area contributed by atoms with E-state index in [1.807, 2.05) is 6.92 Å². The molecule has 1 aliphatic rings. The van der Waals surface area contributed by atoms with Gasteiger partial charge in [-0.3, -0.25) is 4.79 Å². The van der Waals surface area contributed by atoms with Crippen molar-refractivity contribution in [3.63, 3.8) is 0 Å². The Morgan fingerprint density at radius 3 is 2.80 bits per heavy atom. The van der Waals surface area contributed by atoms with Crippen molar-refractivity contribution in [2.45, 2.75) is 19.4 Å². The second-order valence-corrected chi connectivity index (χ2v) is 2.49. The van der Waals surface area contributed by atoms with Gasteiger partial charge in [-0.1, -0.05) is 0 Å². The highest BCUT2D eigenvalue weighted by atomic mass is 16.5. The Labute approximate surface area is 60.3 Å². The largest absolute Gasteiger partial charge is 0.469 e. The molecule has 1 rings (SSSR count). The molecule has 2 atom stereocenters. The molecule has 1 heterocycles. The summed E-state index contributed by atoms with van der Waals surface area (Å²) in [6, 6.07) is 0. The second kappa shape index (κ2) is 3.01. The zero-order valence-electron chi connectivity index (χ0n) is 6.29. The van der Waals surface area contributed by atoms with Crippen molar-refractivity contribution in [2.75, 3.05) is 13.7 Å². The van der Waals surface area contributed by atoms with E-state index in [0.717, 1.165) is 6.42 Å². The first kappa shape index (κ1) is 7.54. The minimum absolute atomic E-state index is 0.0347. The predicted molar refractivity (Wildman–Crippen MR) is 35.5 cm³/mol. The number of methoxy groups -OCH3 is 1. The minimum atomic E-state index is -0.148. The van der Waals surface area contributed by atoms with Gasteiger partial charge in [0, 0.05) is 6.61 Å². The Bertz CT molecular complexity index is 133. The summed E-state index contributed by atoms with van der Waals surface area (Å²) >= 11 is 0. The minimum Gasteiger partial charge on any atom is -0.469 e. The fourth-order valence-electron chi connectivity index (χ4n) is 1.19. The van der Waals surface area contributed by atoms with E-state index >= 15 is 0 Å². The van der Waals surface area contributed by atoms with Crippen molar-refractivity contribution in [3.05, 3.63) is 0 Å². The van der Waals surface area contributed by atoms with Gasteiger partial charge in [-0.25, -0.2) is 0 Å². The average molecular weight is 144 g/mol. The van der Waals surface area contributed by atoms with Crippen LogP contribution >= 0.6 is 0 Å². The van der Waals surface area contributed by atoms with Crippen LogP contribution in [0.3, 0.4) is 0 Å². The molecule has 0 spiro atoms. The summed E-state index contributed by atoms with van der Waals surface area (Å²) in [7, 11) is 1.41. The maximum atomic E-state index is 10.9. The van der Waals surface area contributed by atoms with Crippen molar-refractivity contribution < 1.29 is 14.3 Å². The van der Waals surface area contributed by atoms with E-state index in [9.17, 15) is 4.79 Å². The summed E-state index contributed by atoms with van der Waals surface area (Å²) in [6.45, 7) is 2.58. The Morgan fingerprint density at radius 2 is 2.40 bits per heavy atom. The van der Waals surface area contributed by atoms with E-state index in [4.69, 9.17) is 4.74 Å². The molecule has 0 aromatic carbocycles. The monoisotopic (exact) mass is 144 g/mol.